The molecule has 1 rings (SSSR count). The van der Waals surface area contributed by atoms with Crippen molar-refractivity contribution < 1.29 is 21.6 Å². The topological polar surface area (TPSA) is 111 Å². The van der Waals surface area contributed by atoms with Gasteiger partial charge in [-0.2, -0.15) is 0 Å². The molecule has 17 heavy (non-hydrogen) atoms. The first-order chi connectivity index (χ1) is 7.63. The zero-order valence-corrected chi connectivity index (χ0v) is 10.6. The zero-order chi connectivity index (χ0) is 13.3. The molecule has 0 aliphatic rings. The molecule has 0 radical (unpaired) electrons. The molecule has 1 amide bonds. The predicted molar refractivity (Wildman–Crippen MR) is 60.8 cm³/mol. The Morgan fingerprint density at radius 2 is 1.71 bits per heavy atom. The van der Waals surface area contributed by atoms with Crippen molar-refractivity contribution in [1.82, 2.24) is 0 Å². The number of amides is 1. The largest absolute Gasteiger partial charge is 0.369 e. The van der Waals surface area contributed by atoms with Crippen LogP contribution < -0.4 is 5.73 Å². The molecule has 0 saturated heterocycles. The van der Waals surface area contributed by atoms with Gasteiger partial charge in [0.1, 0.15) is 5.75 Å². The quantitative estimate of drug-likeness (QED) is 0.786. The molecular formula is C9H11NO5S2. The molecule has 94 valence electrons. The summed E-state index contributed by atoms with van der Waals surface area (Å²) in [5.74, 6) is -1.84. The summed E-state index contributed by atoms with van der Waals surface area (Å²) in [6.07, 6.45) is 0.965. The van der Waals surface area contributed by atoms with Gasteiger partial charge in [0.15, 0.2) is 19.7 Å². The van der Waals surface area contributed by atoms with Gasteiger partial charge in [-0.1, -0.05) is 6.07 Å². The number of rotatable bonds is 4. The second kappa shape index (κ2) is 4.46. The molecule has 0 unspecified atom stereocenters. The minimum Gasteiger partial charge on any atom is -0.369 e. The fourth-order valence-electron chi connectivity index (χ4n) is 1.17. The van der Waals surface area contributed by atoms with Crippen LogP contribution in [-0.2, 0) is 24.5 Å². The molecule has 0 saturated carbocycles. The van der Waals surface area contributed by atoms with Gasteiger partial charge in [0.05, 0.1) is 9.79 Å². The molecule has 0 heterocycles. The number of hydrogen-bond acceptors (Lipinski definition) is 5. The highest BCUT2D eigenvalue weighted by atomic mass is 32.2. The highest BCUT2D eigenvalue weighted by molar-refractivity contribution is 7.92. The normalized spacial score (nSPS) is 12.3. The van der Waals surface area contributed by atoms with Crippen LogP contribution in [0.1, 0.15) is 0 Å². The Bertz CT molecular complexity index is 646. The van der Waals surface area contributed by atoms with Crippen LogP contribution in [0.2, 0.25) is 0 Å². The zero-order valence-electron chi connectivity index (χ0n) is 8.95. The van der Waals surface area contributed by atoms with Crippen molar-refractivity contribution >= 4 is 25.6 Å². The van der Waals surface area contributed by atoms with E-state index in [1.165, 1.54) is 18.2 Å². The molecular weight excluding hydrogens is 266 g/mol. The van der Waals surface area contributed by atoms with Crippen molar-refractivity contribution in [3.63, 3.8) is 0 Å². The summed E-state index contributed by atoms with van der Waals surface area (Å²) in [7, 11) is -7.38. The fourth-order valence-corrected chi connectivity index (χ4v) is 3.04. The number of carbonyl (C=O) groups is 1. The van der Waals surface area contributed by atoms with Crippen LogP contribution in [0.4, 0.5) is 0 Å². The summed E-state index contributed by atoms with van der Waals surface area (Å²) in [6, 6.07) is 4.80. The Hall–Kier alpha value is -1.41. The van der Waals surface area contributed by atoms with Crippen LogP contribution in [0.25, 0.3) is 0 Å². The monoisotopic (exact) mass is 277 g/mol. The first-order valence-electron chi connectivity index (χ1n) is 4.44. The van der Waals surface area contributed by atoms with Gasteiger partial charge < -0.3 is 5.73 Å². The average Bonchev–Trinajstić information content (AvgIpc) is 2.14. The van der Waals surface area contributed by atoms with E-state index < -0.39 is 31.3 Å². The van der Waals surface area contributed by atoms with Crippen LogP contribution in [0, 0.1) is 0 Å². The van der Waals surface area contributed by atoms with Crippen molar-refractivity contribution in [2.24, 2.45) is 5.73 Å². The molecule has 0 aliphatic heterocycles. The van der Waals surface area contributed by atoms with Gasteiger partial charge in [-0.15, -0.1) is 0 Å². The van der Waals surface area contributed by atoms with Crippen molar-refractivity contribution in [2.45, 2.75) is 9.79 Å². The van der Waals surface area contributed by atoms with Crippen molar-refractivity contribution in [1.29, 1.82) is 0 Å². The highest BCUT2D eigenvalue weighted by Gasteiger charge is 2.19. The Kier molecular flexibility index (Phi) is 3.58. The van der Waals surface area contributed by atoms with E-state index in [4.69, 9.17) is 5.73 Å². The summed E-state index contributed by atoms with van der Waals surface area (Å²) >= 11 is 0. The van der Waals surface area contributed by atoms with Crippen LogP contribution >= 0.6 is 0 Å². The second-order valence-electron chi connectivity index (χ2n) is 3.47. The summed E-state index contributed by atoms with van der Waals surface area (Å²) in [4.78, 5) is 10.2. The van der Waals surface area contributed by atoms with Gasteiger partial charge in [-0.05, 0) is 18.2 Å². The summed E-state index contributed by atoms with van der Waals surface area (Å²) in [5.41, 5.74) is 4.80. The lowest BCUT2D eigenvalue weighted by molar-refractivity contribution is -0.115. The number of carbonyl (C=O) groups excluding carboxylic acids is 1. The van der Waals surface area contributed by atoms with Gasteiger partial charge >= 0.3 is 0 Å². The van der Waals surface area contributed by atoms with Gasteiger partial charge in [0.25, 0.3) is 0 Å². The van der Waals surface area contributed by atoms with E-state index >= 15 is 0 Å². The van der Waals surface area contributed by atoms with Crippen molar-refractivity contribution in [2.75, 3.05) is 12.0 Å². The van der Waals surface area contributed by atoms with Crippen LogP contribution in [0.15, 0.2) is 34.1 Å². The molecule has 8 heteroatoms. The standard InChI is InChI=1S/C9H11NO5S2/c1-16(12,13)7-3-2-4-8(5-7)17(14,15)6-9(10)11/h2-5H,6H2,1H3,(H2,10,11). The smallest absolute Gasteiger partial charge is 0.233 e. The lowest BCUT2D eigenvalue weighted by Crippen LogP contribution is -2.23. The number of primary amides is 1. The maximum Gasteiger partial charge on any atom is 0.233 e. The summed E-state index contributed by atoms with van der Waals surface area (Å²) in [6.45, 7) is 0. The van der Waals surface area contributed by atoms with Crippen LogP contribution in [-0.4, -0.2) is 34.8 Å². The van der Waals surface area contributed by atoms with E-state index in [2.05, 4.69) is 0 Å². The molecule has 0 fully saturated rings. The molecule has 2 N–H and O–H groups in total. The summed E-state index contributed by atoms with van der Waals surface area (Å²) < 4.78 is 45.7. The Morgan fingerprint density at radius 1 is 1.18 bits per heavy atom. The number of benzene rings is 1. The minimum absolute atomic E-state index is 0.122. The van der Waals surface area contributed by atoms with Gasteiger partial charge in [-0.3, -0.25) is 4.79 Å². The maximum atomic E-state index is 11.6. The number of nitrogens with two attached hydrogens (primary N) is 1. The Balaban J connectivity index is 3.31. The van der Waals surface area contributed by atoms with Crippen LogP contribution in [0.3, 0.4) is 0 Å². The van der Waals surface area contributed by atoms with E-state index in [-0.39, 0.29) is 9.79 Å². The number of hydrogen-bond donors (Lipinski definition) is 1. The third kappa shape index (κ3) is 3.53. The first-order valence-corrected chi connectivity index (χ1v) is 7.98. The molecule has 0 aliphatic carbocycles. The highest BCUT2D eigenvalue weighted by Crippen LogP contribution is 2.16. The first kappa shape index (κ1) is 13.7. The summed E-state index contributed by atoms with van der Waals surface area (Å²) in [5, 5.41) is 0. The van der Waals surface area contributed by atoms with Crippen molar-refractivity contribution in [3.05, 3.63) is 24.3 Å². The fraction of sp³-hybridized carbons (Fsp3) is 0.222. The molecule has 0 bridgehead atoms. The van der Waals surface area contributed by atoms with E-state index in [9.17, 15) is 21.6 Å². The van der Waals surface area contributed by atoms with Gasteiger partial charge in [-0.25, -0.2) is 16.8 Å². The van der Waals surface area contributed by atoms with E-state index in [1.807, 2.05) is 0 Å². The second-order valence-corrected chi connectivity index (χ2v) is 7.48. The molecule has 6 nitrogen and oxygen atoms in total. The van der Waals surface area contributed by atoms with Gasteiger partial charge in [0.2, 0.25) is 5.91 Å². The molecule has 0 atom stereocenters. The van der Waals surface area contributed by atoms with Gasteiger partial charge in [0, 0.05) is 6.26 Å². The van der Waals surface area contributed by atoms with E-state index in [1.54, 1.807) is 0 Å². The predicted octanol–water partition coefficient (Wildman–Crippen LogP) is -0.651. The third-order valence-electron chi connectivity index (χ3n) is 1.93. The molecule has 0 aromatic heterocycles. The Morgan fingerprint density at radius 3 is 2.18 bits per heavy atom. The number of sulfone groups is 2. The lowest BCUT2D eigenvalue weighted by atomic mass is 10.4. The molecule has 1 aromatic rings. The SMILES string of the molecule is CS(=O)(=O)c1cccc(S(=O)(=O)CC(N)=O)c1. The van der Waals surface area contributed by atoms with E-state index in [0.717, 1.165) is 12.3 Å². The molecule has 0 spiro atoms. The third-order valence-corrected chi connectivity index (χ3v) is 4.67. The van der Waals surface area contributed by atoms with E-state index in [0.29, 0.717) is 0 Å². The average molecular weight is 277 g/mol. The van der Waals surface area contributed by atoms with Crippen molar-refractivity contribution in [3.8, 4) is 0 Å². The maximum absolute atomic E-state index is 11.6. The Labute approximate surface area is 99.3 Å². The minimum atomic E-state index is -3.88. The molecule has 1 aromatic carbocycles. The lowest BCUT2D eigenvalue weighted by Gasteiger charge is -2.04. The van der Waals surface area contributed by atoms with Crippen LogP contribution in [0.5, 0.6) is 0 Å².